The molecule has 2 aliphatic heterocycles. The summed E-state index contributed by atoms with van der Waals surface area (Å²) in [4.78, 5) is 4.67. The van der Waals surface area contributed by atoms with Gasteiger partial charge in [-0.2, -0.15) is 11.8 Å². The van der Waals surface area contributed by atoms with Gasteiger partial charge < -0.3 is 15.6 Å². The molecule has 4 nitrogen and oxygen atoms in total. The average Bonchev–Trinajstić information content (AvgIpc) is 3.08. The minimum atomic E-state index is -0.899. The van der Waals surface area contributed by atoms with Gasteiger partial charge in [0.05, 0.1) is 12.1 Å². The molecular formula is C17H28N2O2S. The van der Waals surface area contributed by atoms with Gasteiger partial charge in [0.15, 0.2) is 0 Å². The number of hydrogen-bond acceptors (Lipinski definition) is 5. The highest BCUT2D eigenvalue weighted by molar-refractivity contribution is 8.00. The molecular weight excluding hydrogens is 296 g/mol. The first kappa shape index (κ1) is 15.3. The van der Waals surface area contributed by atoms with E-state index in [-0.39, 0.29) is 23.3 Å². The number of rotatable bonds is 2. The standard InChI is InChI=1S/C17H28N2O2S/c1-21-11-6-7-13-12(9-11)17(20,16(18)19-13)15-8-10-4-2-3-5-14(10)22-15/h10-15,20H,2-9H2,1H3,(H2,18,19). The Balaban J connectivity index is 1.57. The summed E-state index contributed by atoms with van der Waals surface area (Å²) in [6, 6.07) is 0.208. The van der Waals surface area contributed by atoms with Crippen LogP contribution < -0.4 is 5.73 Å². The van der Waals surface area contributed by atoms with Crippen molar-refractivity contribution in [2.75, 3.05) is 7.11 Å². The van der Waals surface area contributed by atoms with E-state index in [1.54, 1.807) is 7.11 Å². The topological polar surface area (TPSA) is 67.8 Å². The van der Waals surface area contributed by atoms with Gasteiger partial charge >= 0.3 is 0 Å². The van der Waals surface area contributed by atoms with Gasteiger partial charge in [-0.1, -0.05) is 12.8 Å². The van der Waals surface area contributed by atoms with Crippen LogP contribution in [0.2, 0.25) is 0 Å². The van der Waals surface area contributed by atoms with Crippen molar-refractivity contribution in [1.82, 2.24) is 0 Å². The van der Waals surface area contributed by atoms with Crippen LogP contribution in [0.15, 0.2) is 4.99 Å². The largest absolute Gasteiger partial charge is 0.385 e. The molecule has 1 saturated heterocycles. The van der Waals surface area contributed by atoms with Crippen molar-refractivity contribution in [3.8, 4) is 0 Å². The molecule has 3 N–H and O–H groups in total. The maximum Gasteiger partial charge on any atom is 0.138 e. The lowest BCUT2D eigenvalue weighted by Crippen LogP contribution is -2.56. The Labute approximate surface area is 137 Å². The highest BCUT2D eigenvalue weighted by Crippen LogP contribution is 2.54. The lowest BCUT2D eigenvalue weighted by molar-refractivity contribution is -0.0215. The monoisotopic (exact) mass is 324 g/mol. The fourth-order valence-electron chi connectivity index (χ4n) is 5.28. The molecule has 4 rings (SSSR count). The molecule has 0 spiro atoms. The molecule has 22 heavy (non-hydrogen) atoms. The number of amidine groups is 1. The molecule has 0 aromatic heterocycles. The van der Waals surface area contributed by atoms with Crippen LogP contribution in [0, 0.1) is 11.8 Å². The van der Waals surface area contributed by atoms with E-state index < -0.39 is 5.60 Å². The van der Waals surface area contributed by atoms with E-state index in [1.807, 2.05) is 11.8 Å². The fraction of sp³-hybridized carbons (Fsp3) is 0.941. The van der Waals surface area contributed by atoms with Crippen molar-refractivity contribution < 1.29 is 9.84 Å². The zero-order valence-electron chi connectivity index (χ0n) is 13.4. The van der Waals surface area contributed by atoms with Gasteiger partial charge in [-0.3, -0.25) is 4.99 Å². The number of aliphatic imine (C=N–C) groups is 1. The van der Waals surface area contributed by atoms with E-state index in [0.29, 0.717) is 5.84 Å². The van der Waals surface area contributed by atoms with Crippen LogP contribution in [0.1, 0.15) is 51.4 Å². The highest BCUT2D eigenvalue weighted by Gasteiger charge is 2.59. The number of ether oxygens (including phenoxy) is 1. The molecule has 0 aromatic rings. The van der Waals surface area contributed by atoms with Gasteiger partial charge in [-0.05, 0) is 44.4 Å². The number of hydrogen-bond donors (Lipinski definition) is 2. The summed E-state index contributed by atoms with van der Waals surface area (Å²) in [5, 5.41) is 12.5. The molecule has 4 aliphatic rings. The number of fused-ring (bicyclic) bond motifs is 2. The molecule has 2 saturated carbocycles. The number of nitrogens with zero attached hydrogens (tertiary/aromatic N) is 1. The lowest BCUT2D eigenvalue weighted by Gasteiger charge is -2.41. The zero-order valence-corrected chi connectivity index (χ0v) is 14.2. The summed E-state index contributed by atoms with van der Waals surface area (Å²) in [5.41, 5.74) is 5.38. The summed E-state index contributed by atoms with van der Waals surface area (Å²) >= 11 is 2.01. The maximum absolute atomic E-state index is 11.6. The van der Waals surface area contributed by atoms with E-state index in [4.69, 9.17) is 10.5 Å². The normalized spacial score (nSPS) is 51.3. The molecule has 0 aromatic carbocycles. The van der Waals surface area contributed by atoms with Crippen molar-refractivity contribution in [2.45, 2.75) is 79.6 Å². The third-order valence-electron chi connectivity index (χ3n) is 6.57. The van der Waals surface area contributed by atoms with Gasteiger partial charge in [0, 0.05) is 23.5 Å². The van der Waals surface area contributed by atoms with Gasteiger partial charge in [0.1, 0.15) is 11.4 Å². The quantitative estimate of drug-likeness (QED) is 0.818. The molecule has 2 heterocycles. The summed E-state index contributed by atoms with van der Waals surface area (Å²) in [7, 11) is 1.78. The third-order valence-corrected chi connectivity index (χ3v) is 8.42. The van der Waals surface area contributed by atoms with Crippen molar-refractivity contribution in [3.63, 3.8) is 0 Å². The van der Waals surface area contributed by atoms with Crippen LogP contribution in [0.25, 0.3) is 0 Å². The Kier molecular flexibility index (Phi) is 3.94. The van der Waals surface area contributed by atoms with Gasteiger partial charge in [0.25, 0.3) is 0 Å². The molecule has 5 heteroatoms. The predicted octanol–water partition coefficient (Wildman–Crippen LogP) is 2.34. The Morgan fingerprint density at radius 2 is 2.05 bits per heavy atom. The highest BCUT2D eigenvalue weighted by atomic mass is 32.2. The van der Waals surface area contributed by atoms with E-state index >= 15 is 0 Å². The Morgan fingerprint density at radius 3 is 2.82 bits per heavy atom. The summed E-state index contributed by atoms with van der Waals surface area (Å²) in [5.74, 6) is 1.45. The van der Waals surface area contributed by atoms with Crippen LogP contribution in [0.4, 0.5) is 0 Å². The number of aliphatic hydroxyl groups is 1. The summed E-state index contributed by atoms with van der Waals surface area (Å²) in [6.07, 6.45) is 9.64. The smallest absolute Gasteiger partial charge is 0.138 e. The lowest BCUT2D eigenvalue weighted by atomic mass is 9.71. The van der Waals surface area contributed by atoms with Crippen LogP contribution in [-0.2, 0) is 4.74 Å². The third kappa shape index (κ3) is 2.23. The molecule has 124 valence electrons. The van der Waals surface area contributed by atoms with E-state index in [9.17, 15) is 5.11 Å². The first-order valence-electron chi connectivity index (χ1n) is 8.87. The van der Waals surface area contributed by atoms with Crippen molar-refractivity contribution >= 4 is 17.6 Å². The first-order valence-corrected chi connectivity index (χ1v) is 9.81. The van der Waals surface area contributed by atoms with Crippen molar-refractivity contribution in [2.24, 2.45) is 22.6 Å². The van der Waals surface area contributed by atoms with E-state index in [0.717, 1.165) is 36.9 Å². The Bertz CT molecular complexity index is 458. The molecule has 7 atom stereocenters. The first-order chi connectivity index (χ1) is 10.6. The second-order valence-corrected chi connectivity index (χ2v) is 9.07. The van der Waals surface area contributed by atoms with Gasteiger partial charge in [-0.25, -0.2) is 0 Å². The summed E-state index contributed by atoms with van der Waals surface area (Å²) in [6.45, 7) is 0. The van der Waals surface area contributed by atoms with Crippen molar-refractivity contribution in [3.05, 3.63) is 0 Å². The summed E-state index contributed by atoms with van der Waals surface area (Å²) < 4.78 is 5.58. The number of nitrogens with two attached hydrogens (primary N) is 1. The number of thioether (sulfide) groups is 1. The van der Waals surface area contributed by atoms with Crippen LogP contribution >= 0.6 is 11.8 Å². The molecule has 3 fully saturated rings. The minimum absolute atomic E-state index is 0.156. The average molecular weight is 324 g/mol. The van der Waals surface area contributed by atoms with Crippen LogP contribution in [0.3, 0.4) is 0 Å². The molecule has 0 radical (unpaired) electrons. The molecule has 0 amide bonds. The second-order valence-electron chi connectivity index (χ2n) is 7.63. The molecule has 2 aliphatic carbocycles. The van der Waals surface area contributed by atoms with Crippen molar-refractivity contribution in [1.29, 1.82) is 0 Å². The van der Waals surface area contributed by atoms with Crippen LogP contribution in [0.5, 0.6) is 0 Å². The minimum Gasteiger partial charge on any atom is -0.385 e. The Hall–Kier alpha value is -0.260. The SMILES string of the molecule is COC1CCC2N=C(N)C(O)(C3CC4CCCCC4S3)C2C1. The second kappa shape index (κ2) is 5.67. The molecule has 0 bridgehead atoms. The van der Waals surface area contributed by atoms with Crippen LogP contribution in [-0.4, -0.2) is 46.3 Å². The van der Waals surface area contributed by atoms with Gasteiger partial charge in [-0.15, -0.1) is 0 Å². The number of methoxy groups -OCH3 is 1. The zero-order chi connectivity index (χ0) is 15.3. The Morgan fingerprint density at radius 1 is 1.23 bits per heavy atom. The fourth-order valence-corrected chi connectivity index (χ4v) is 7.34. The molecule has 7 unspecified atom stereocenters. The maximum atomic E-state index is 11.6. The van der Waals surface area contributed by atoms with Gasteiger partial charge in [0.2, 0.25) is 0 Å². The predicted molar refractivity (Wildman–Crippen MR) is 90.2 cm³/mol. The van der Waals surface area contributed by atoms with E-state index in [2.05, 4.69) is 4.99 Å². The van der Waals surface area contributed by atoms with E-state index in [1.165, 1.54) is 25.7 Å².